The van der Waals surface area contributed by atoms with E-state index in [1.54, 1.807) is 20.8 Å². The maximum Gasteiger partial charge on any atom is 0.259 e. The molecule has 0 aromatic carbocycles. The number of aliphatic hydroxyl groups is 1. The molecule has 1 aromatic heterocycles. The Labute approximate surface area is 142 Å². The molecule has 2 atom stereocenters. The highest BCUT2D eigenvalue weighted by atomic mass is 16.5. The van der Waals surface area contributed by atoms with Crippen molar-refractivity contribution in [3.63, 3.8) is 0 Å². The predicted molar refractivity (Wildman–Crippen MR) is 87.9 cm³/mol. The van der Waals surface area contributed by atoms with Gasteiger partial charge in [0, 0.05) is 19.1 Å². The van der Waals surface area contributed by atoms with Gasteiger partial charge in [0.15, 0.2) is 0 Å². The summed E-state index contributed by atoms with van der Waals surface area (Å²) >= 11 is 0. The lowest BCUT2D eigenvalue weighted by molar-refractivity contribution is -0.189. The van der Waals surface area contributed by atoms with Gasteiger partial charge in [-0.3, -0.25) is 4.79 Å². The van der Waals surface area contributed by atoms with E-state index >= 15 is 0 Å². The molecule has 2 aliphatic heterocycles. The van der Waals surface area contributed by atoms with Crippen LogP contribution in [0.5, 0.6) is 0 Å². The zero-order valence-electron chi connectivity index (χ0n) is 14.9. The van der Waals surface area contributed by atoms with Crippen LogP contribution in [0, 0.1) is 13.8 Å². The number of hydrogen-bond donors (Lipinski definition) is 2. The number of amides is 1. The van der Waals surface area contributed by atoms with Gasteiger partial charge in [0.1, 0.15) is 16.9 Å². The van der Waals surface area contributed by atoms with Crippen molar-refractivity contribution in [1.29, 1.82) is 0 Å². The van der Waals surface area contributed by atoms with E-state index in [0.29, 0.717) is 36.7 Å². The van der Waals surface area contributed by atoms with Crippen molar-refractivity contribution in [3.8, 4) is 0 Å². The van der Waals surface area contributed by atoms with Crippen LogP contribution in [0.15, 0.2) is 4.52 Å². The molecule has 24 heavy (non-hydrogen) atoms. The second-order valence-corrected chi connectivity index (χ2v) is 7.37. The maximum absolute atomic E-state index is 12.7. The van der Waals surface area contributed by atoms with Gasteiger partial charge in [0.05, 0.1) is 17.9 Å². The molecule has 7 heteroatoms. The molecule has 1 spiro atoms. The van der Waals surface area contributed by atoms with Crippen molar-refractivity contribution in [1.82, 2.24) is 15.4 Å². The van der Waals surface area contributed by atoms with Gasteiger partial charge in [0.2, 0.25) is 0 Å². The Kier molecular flexibility index (Phi) is 4.44. The molecule has 134 valence electrons. The Hall–Kier alpha value is -1.44. The van der Waals surface area contributed by atoms with Gasteiger partial charge in [-0.2, -0.15) is 0 Å². The summed E-state index contributed by atoms with van der Waals surface area (Å²) in [5.74, 6) is 0.548. The fourth-order valence-electron chi connectivity index (χ4n) is 3.88. The van der Waals surface area contributed by atoms with Gasteiger partial charge in [-0.1, -0.05) is 5.16 Å². The van der Waals surface area contributed by atoms with Crippen LogP contribution in [0.2, 0.25) is 0 Å². The van der Waals surface area contributed by atoms with Crippen molar-refractivity contribution < 1.29 is 19.2 Å². The fourth-order valence-corrected chi connectivity index (χ4v) is 3.88. The molecule has 0 unspecified atom stereocenters. The number of carbonyl (C=O) groups is 1. The van der Waals surface area contributed by atoms with Gasteiger partial charge in [-0.05, 0) is 47.1 Å². The van der Waals surface area contributed by atoms with E-state index in [-0.39, 0.29) is 17.6 Å². The Balaban J connectivity index is 1.67. The second kappa shape index (κ2) is 6.13. The SMILES string of the molecule is CN[C@H]1CC2(CCN(C(=O)c3c(C)noc3C)CC2)OC[C@]1(C)O. The van der Waals surface area contributed by atoms with Crippen molar-refractivity contribution in [2.45, 2.75) is 57.3 Å². The fraction of sp³-hybridized carbons (Fsp3) is 0.765. The summed E-state index contributed by atoms with van der Waals surface area (Å²) in [5.41, 5.74) is 0.0965. The van der Waals surface area contributed by atoms with Crippen molar-refractivity contribution in [2.24, 2.45) is 0 Å². The molecule has 2 saturated heterocycles. The summed E-state index contributed by atoms with van der Waals surface area (Å²) in [6.45, 7) is 6.96. The summed E-state index contributed by atoms with van der Waals surface area (Å²) in [7, 11) is 1.87. The molecule has 0 radical (unpaired) electrons. The number of aromatic nitrogens is 1. The Morgan fingerprint density at radius 2 is 2.04 bits per heavy atom. The number of likely N-dealkylation sites (tertiary alicyclic amines) is 1. The zero-order valence-corrected chi connectivity index (χ0v) is 14.9. The molecule has 0 saturated carbocycles. The number of aryl methyl sites for hydroxylation is 2. The third-order valence-corrected chi connectivity index (χ3v) is 5.55. The van der Waals surface area contributed by atoms with E-state index in [0.717, 1.165) is 19.3 Å². The number of nitrogens with one attached hydrogen (secondary N) is 1. The number of nitrogens with zero attached hydrogens (tertiary/aromatic N) is 2. The minimum absolute atomic E-state index is 0.00364. The third kappa shape index (κ3) is 2.96. The van der Waals surface area contributed by atoms with Gasteiger partial charge >= 0.3 is 0 Å². The molecule has 0 aliphatic carbocycles. The number of piperidine rings is 1. The standard InChI is InChI=1S/C17H27N3O4/c1-11-14(12(2)24-19-11)15(21)20-7-5-17(6-8-20)9-13(18-4)16(3,22)10-23-17/h13,18,22H,5-10H2,1-4H3/t13-,16-/m0/s1. The Morgan fingerprint density at radius 3 is 2.58 bits per heavy atom. The van der Waals surface area contributed by atoms with Crippen LogP contribution in [-0.4, -0.2) is 65.1 Å². The smallest absolute Gasteiger partial charge is 0.259 e. The van der Waals surface area contributed by atoms with Crippen LogP contribution >= 0.6 is 0 Å². The van der Waals surface area contributed by atoms with Crippen molar-refractivity contribution in [2.75, 3.05) is 26.7 Å². The number of rotatable bonds is 2. The molecule has 2 N–H and O–H groups in total. The quantitative estimate of drug-likeness (QED) is 0.838. The minimum Gasteiger partial charge on any atom is -0.386 e. The summed E-state index contributed by atoms with van der Waals surface area (Å²) in [6.07, 6.45) is 2.30. The monoisotopic (exact) mass is 337 g/mol. The second-order valence-electron chi connectivity index (χ2n) is 7.37. The summed E-state index contributed by atoms with van der Waals surface area (Å²) < 4.78 is 11.2. The normalized spacial score (nSPS) is 29.9. The van der Waals surface area contributed by atoms with Crippen molar-refractivity contribution >= 4 is 5.91 Å². The lowest BCUT2D eigenvalue weighted by Crippen LogP contribution is -2.62. The Morgan fingerprint density at radius 1 is 1.38 bits per heavy atom. The Bertz CT molecular complexity index is 598. The predicted octanol–water partition coefficient (Wildman–Crippen LogP) is 1.03. The maximum atomic E-state index is 12.7. The average Bonchev–Trinajstić information content (AvgIpc) is 2.89. The molecule has 2 fully saturated rings. The number of ether oxygens (including phenoxy) is 1. The van der Waals surface area contributed by atoms with Gasteiger partial charge < -0.3 is 24.6 Å². The molecule has 1 amide bonds. The van der Waals surface area contributed by atoms with Crippen LogP contribution in [0.3, 0.4) is 0 Å². The average molecular weight is 337 g/mol. The molecule has 0 bridgehead atoms. The molecule has 7 nitrogen and oxygen atoms in total. The first-order valence-corrected chi connectivity index (χ1v) is 8.54. The highest BCUT2D eigenvalue weighted by Crippen LogP contribution is 2.38. The number of carbonyl (C=O) groups excluding carboxylic acids is 1. The topological polar surface area (TPSA) is 87.8 Å². The van der Waals surface area contributed by atoms with Crippen LogP contribution < -0.4 is 5.32 Å². The molecule has 3 heterocycles. The van der Waals surface area contributed by atoms with Gasteiger partial charge in [-0.15, -0.1) is 0 Å². The number of hydrogen-bond acceptors (Lipinski definition) is 6. The molecular formula is C17H27N3O4. The lowest BCUT2D eigenvalue weighted by Gasteiger charge is -2.50. The molecule has 2 aliphatic rings. The van der Waals surface area contributed by atoms with Gasteiger partial charge in [0.25, 0.3) is 5.91 Å². The van der Waals surface area contributed by atoms with Crippen LogP contribution in [-0.2, 0) is 4.74 Å². The van der Waals surface area contributed by atoms with E-state index in [2.05, 4.69) is 10.5 Å². The first kappa shape index (κ1) is 17.4. The molecular weight excluding hydrogens is 310 g/mol. The lowest BCUT2D eigenvalue weighted by atomic mass is 9.77. The highest BCUT2D eigenvalue weighted by Gasteiger charge is 2.48. The van der Waals surface area contributed by atoms with Crippen molar-refractivity contribution in [3.05, 3.63) is 17.0 Å². The highest BCUT2D eigenvalue weighted by molar-refractivity contribution is 5.96. The van der Waals surface area contributed by atoms with E-state index in [1.807, 2.05) is 11.9 Å². The zero-order chi connectivity index (χ0) is 17.5. The largest absolute Gasteiger partial charge is 0.386 e. The first-order valence-electron chi connectivity index (χ1n) is 8.54. The summed E-state index contributed by atoms with van der Waals surface area (Å²) in [5, 5.41) is 17.5. The molecule has 1 aromatic rings. The third-order valence-electron chi connectivity index (χ3n) is 5.55. The number of likely N-dealkylation sites (N-methyl/N-ethyl adjacent to an activating group) is 1. The first-order chi connectivity index (χ1) is 11.3. The van der Waals surface area contributed by atoms with Crippen LogP contribution in [0.1, 0.15) is 48.0 Å². The molecule has 3 rings (SSSR count). The van der Waals surface area contributed by atoms with Crippen LogP contribution in [0.4, 0.5) is 0 Å². The van der Waals surface area contributed by atoms with Gasteiger partial charge in [-0.25, -0.2) is 0 Å². The van der Waals surface area contributed by atoms with E-state index in [1.165, 1.54) is 0 Å². The van der Waals surface area contributed by atoms with E-state index in [4.69, 9.17) is 9.26 Å². The summed E-state index contributed by atoms with van der Waals surface area (Å²) in [4.78, 5) is 14.6. The minimum atomic E-state index is -0.857. The van der Waals surface area contributed by atoms with E-state index < -0.39 is 5.60 Å². The van der Waals surface area contributed by atoms with E-state index in [9.17, 15) is 9.90 Å². The van der Waals surface area contributed by atoms with Crippen LogP contribution in [0.25, 0.3) is 0 Å². The summed E-state index contributed by atoms with van der Waals surface area (Å²) in [6, 6.07) is -0.00364.